The number of carbonyl (C=O) groups is 1. The summed E-state index contributed by atoms with van der Waals surface area (Å²) in [4.78, 5) is 12.9. The van der Waals surface area contributed by atoms with E-state index in [9.17, 15) is 4.79 Å². The third-order valence-corrected chi connectivity index (χ3v) is 4.06. The van der Waals surface area contributed by atoms with Crippen molar-refractivity contribution in [3.05, 3.63) is 40.6 Å². The van der Waals surface area contributed by atoms with Gasteiger partial charge in [0.2, 0.25) is 11.8 Å². The molecule has 7 nitrogen and oxygen atoms in total. The Kier molecular flexibility index (Phi) is 4.76. The van der Waals surface area contributed by atoms with Crippen LogP contribution in [0.1, 0.15) is 4.88 Å². The highest BCUT2D eigenvalue weighted by atomic mass is 32.1. The molecule has 1 aromatic carbocycles. The van der Waals surface area contributed by atoms with Crippen LogP contribution in [0.5, 0.6) is 11.5 Å². The fraction of sp³-hybridized carbons (Fsp3) is 0.188. The maximum Gasteiger partial charge on any atom is 0.322 e. The van der Waals surface area contributed by atoms with Gasteiger partial charge >= 0.3 is 6.01 Å². The summed E-state index contributed by atoms with van der Waals surface area (Å²) in [6.07, 6.45) is 0.266. The van der Waals surface area contributed by atoms with Crippen LogP contribution in [0.2, 0.25) is 0 Å². The Labute approximate surface area is 142 Å². The zero-order valence-electron chi connectivity index (χ0n) is 13.1. The van der Waals surface area contributed by atoms with Crippen molar-refractivity contribution in [1.82, 2.24) is 10.2 Å². The molecular weight excluding hydrogens is 330 g/mol. The van der Waals surface area contributed by atoms with Gasteiger partial charge in [0, 0.05) is 16.5 Å². The molecule has 0 spiro atoms. The van der Waals surface area contributed by atoms with E-state index in [1.807, 2.05) is 17.5 Å². The molecule has 0 aliphatic heterocycles. The average Bonchev–Trinajstić information content (AvgIpc) is 3.26. The number of carbonyl (C=O) groups excluding carboxylic acids is 1. The number of thiophene rings is 1. The van der Waals surface area contributed by atoms with Crippen molar-refractivity contribution in [1.29, 1.82) is 0 Å². The minimum atomic E-state index is -0.212. The number of methoxy groups -OCH3 is 2. The van der Waals surface area contributed by atoms with Gasteiger partial charge in [-0.3, -0.25) is 10.1 Å². The quantitative estimate of drug-likeness (QED) is 0.739. The standard InChI is InChI=1S/C16H15N3O4S/c1-21-11-6-10(7-12(8-11)22-2)15-18-19-16(23-15)17-14(20)9-13-4-3-5-24-13/h3-8H,9H2,1-2H3,(H,17,19,20). The molecule has 2 heterocycles. The van der Waals surface area contributed by atoms with Crippen molar-refractivity contribution in [2.75, 3.05) is 19.5 Å². The van der Waals surface area contributed by atoms with Crippen molar-refractivity contribution in [2.24, 2.45) is 0 Å². The summed E-state index contributed by atoms with van der Waals surface area (Å²) in [5.74, 6) is 1.26. The highest BCUT2D eigenvalue weighted by Crippen LogP contribution is 2.29. The molecule has 0 saturated heterocycles. The van der Waals surface area contributed by atoms with Crippen molar-refractivity contribution in [2.45, 2.75) is 6.42 Å². The van der Waals surface area contributed by atoms with Gasteiger partial charge in [0.15, 0.2) is 0 Å². The molecule has 0 saturated carbocycles. The molecule has 124 valence electrons. The normalized spacial score (nSPS) is 10.4. The number of aromatic nitrogens is 2. The van der Waals surface area contributed by atoms with Gasteiger partial charge in [-0.25, -0.2) is 0 Å². The second-order valence-corrected chi connectivity index (χ2v) is 5.85. The van der Waals surface area contributed by atoms with Crippen LogP contribution >= 0.6 is 11.3 Å². The van der Waals surface area contributed by atoms with Crippen molar-refractivity contribution >= 4 is 23.3 Å². The van der Waals surface area contributed by atoms with E-state index in [1.165, 1.54) is 11.3 Å². The second-order valence-electron chi connectivity index (χ2n) is 4.82. The summed E-state index contributed by atoms with van der Waals surface area (Å²) >= 11 is 1.52. The summed E-state index contributed by atoms with van der Waals surface area (Å²) in [7, 11) is 3.12. The zero-order chi connectivity index (χ0) is 16.9. The number of hydrogen-bond donors (Lipinski definition) is 1. The Morgan fingerprint density at radius 3 is 2.58 bits per heavy atom. The molecule has 8 heteroatoms. The predicted molar refractivity (Wildman–Crippen MR) is 89.5 cm³/mol. The Morgan fingerprint density at radius 1 is 1.21 bits per heavy atom. The SMILES string of the molecule is COc1cc(OC)cc(-c2nnc(NC(=O)Cc3cccs3)o2)c1. The lowest BCUT2D eigenvalue weighted by Crippen LogP contribution is -2.13. The van der Waals surface area contributed by atoms with Crippen molar-refractivity contribution < 1.29 is 18.7 Å². The number of amides is 1. The maximum absolute atomic E-state index is 12.0. The van der Waals surface area contributed by atoms with Gasteiger partial charge in [-0.05, 0) is 23.6 Å². The highest BCUT2D eigenvalue weighted by Gasteiger charge is 2.14. The van der Waals surface area contributed by atoms with E-state index < -0.39 is 0 Å². The first-order valence-electron chi connectivity index (χ1n) is 7.07. The van der Waals surface area contributed by atoms with Gasteiger partial charge in [0.1, 0.15) is 11.5 Å². The summed E-state index contributed by atoms with van der Waals surface area (Å²) in [5, 5.41) is 12.3. The van der Waals surface area contributed by atoms with Crippen LogP contribution in [0.4, 0.5) is 6.01 Å². The molecule has 3 aromatic rings. The van der Waals surface area contributed by atoms with Crippen LogP contribution in [0, 0.1) is 0 Å². The number of nitrogens with one attached hydrogen (secondary N) is 1. The highest BCUT2D eigenvalue weighted by molar-refractivity contribution is 7.10. The summed E-state index contributed by atoms with van der Waals surface area (Å²) in [6, 6.07) is 9.07. The molecule has 2 aromatic heterocycles. The Morgan fingerprint density at radius 2 is 1.96 bits per heavy atom. The number of hydrogen-bond acceptors (Lipinski definition) is 7. The summed E-state index contributed by atoms with van der Waals surface area (Å²) in [6.45, 7) is 0. The first-order valence-corrected chi connectivity index (χ1v) is 7.95. The van der Waals surface area contributed by atoms with Gasteiger partial charge in [-0.2, -0.15) is 0 Å². The monoisotopic (exact) mass is 345 g/mol. The van der Waals surface area contributed by atoms with Gasteiger partial charge in [-0.1, -0.05) is 11.2 Å². The van der Waals surface area contributed by atoms with Crippen LogP contribution in [0.15, 0.2) is 40.1 Å². The largest absolute Gasteiger partial charge is 0.497 e. The van der Waals surface area contributed by atoms with Crippen LogP contribution in [0.25, 0.3) is 11.5 Å². The van der Waals surface area contributed by atoms with E-state index in [1.54, 1.807) is 32.4 Å². The Hall–Kier alpha value is -2.87. The molecule has 0 fully saturated rings. The molecule has 0 unspecified atom stereocenters. The van der Waals surface area contributed by atoms with Crippen molar-refractivity contribution in [3.63, 3.8) is 0 Å². The summed E-state index contributed by atoms with van der Waals surface area (Å²) < 4.78 is 15.9. The lowest BCUT2D eigenvalue weighted by atomic mass is 10.2. The van der Waals surface area contributed by atoms with Crippen LogP contribution in [0.3, 0.4) is 0 Å². The number of rotatable bonds is 6. The van der Waals surface area contributed by atoms with Gasteiger partial charge < -0.3 is 13.9 Å². The van der Waals surface area contributed by atoms with Crippen LogP contribution in [-0.4, -0.2) is 30.3 Å². The number of ether oxygens (including phenoxy) is 2. The number of anilines is 1. The van der Waals surface area contributed by atoms with E-state index in [0.717, 1.165) is 4.88 Å². The smallest absolute Gasteiger partial charge is 0.322 e. The van der Waals surface area contributed by atoms with Crippen LogP contribution in [-0.2, 0) is 11.2 Å². The van der Waals surface area contributed by atoms with Gasteiger partial charge in [0.25, 0.3) is 0 Å². The molecular formula is C16H15N3O4S. The second kappa shape index (κ2) is 7.14. The summed E-state index contributed by atoms with van der Waals surface area (Å²) in [5.41, 5.74) is 0.637. The van der Waals surface area contributed by atoms with Gasteiger partial charge in [0.05, 0.1) is 20.6 Å². The van der Waals surface area contributed by atoms with Crippen LogP contribution < -0.4 is 14.8 Å². The molecule has 0 radical (unpaired) electrons. The Bertz CT molecular complexity index is 807. The van der Waals surface area contributed by atoms with E-state index >= 15 is 0 Å². The average molecular weight is 345 g/mol. The molecule has 1 N–H and O–H groups in total. The first-order chi connectivity index (χ1) is 11.7. The number of nitrogens with zero attached hydrogens (tertiary/aromatic N) is 2. The minimum absolute atomic E-state index is 0.0494. The van der Waals surface area contributed by atoms with Gasteiger partial charge in [-0.15, -0.1) is 16.4 Å². The lowest BCUT2D eigenvalue weighted by Gasteiger charge is -2.05. The van der Waals surface area contributed by atoms with E-state index in [-0.39, 0.29) is 24.2 Å². The Balaban J connectivity index is 1.74. The molecule has 0 aliphatic carbocycles. The van der Waals surface area contributed by atoms with E-state index in [2.05, 4.69) is 15.5 Å². The molecule has 0 aliphatic rings. The zero-order valence-corrected chi connectivity index (χ0v) is 13.9. The lowest BCUT2D eigenvalue weighted by molar-refractivity contribution is -0.115. The van der Waals surface area contributed by atoms with Crippen molar-refractivity contribution in [3.8, 4) is 23.0 Å². The molecule has 24 heavy (non-hydrogen) atoms. The molecule has 0 bridgehead atoms. The van der Waals surface area contributed by atoms with E-state index in [0.29, 0.717) is 17.1 Å². The minimum Gasteiger partial charge on any atom is -0.497 e. The molecule has 0 atom stereocenters. The first kappa shape index (κ1) is 16.0. The number of benzene rings is 1. The third kappa shape index (κ3) is 3.72. The topological polar surface area (TPSA) is 86.5 Å². The fourth-order valence-corrected chi connectivity index (χ4v) is 2.76. The maximum atomic E-state index is 12.0. The predicted octanol–water partition coefficient (Wildman–Crippen LogP) is 3.00. The third-order valence-electron chi connectivity index (χ3n) is 3.18. The molecule has 1 amide bonds. The molecule has 3 rings (SSSR count). The van der Waals surface area contributed by atoms with E-state index in [4.69, 9.17) is 13.9 Å². The fourth-order valence-electron chi connectivity index (χ4n) is 2.06.